The van der Waals surface area contributed by atoms with Crippen LogP contribution in [0, 0.1) is 0 Å². The molecule has 1 saturated heterocycles. The topological polar surface area (TPSA) is 95.3 Å². The second-order valence-corrected chi connectivity index (χ2v) is 9.04. The van der Waals surface area contributed by atoms with Gasteiger partial charge in [-0.25, -0.2) is 9.97 Å². The van der Waals surface area contributed by atoms with E-state index >= 15 is 0 Å². The average Bonchev–Trinajstić information content (AvgIpc) is 3.39. The first-order valence-electron chi connectivity index (χ1n) is 11.4. The van der Waals surface area contributed by atoms with Crippen LogP contribution in [-0.2, 0) is 16.1 Å². The smallest absolute Gasteiger partial charge is 0.263 e. The maximum absolute atomic E-state index is 13.2. The Hall–Kier alpha value is -3.69. The van der Waals surface area contributed by atoms with Crippen LogP contribution in [0.1, 0.15) is 12.8 Å². The largest absolute Gasteiger partial charge is 0.457 e. The van der Waals surface area contributed by atoms with Gasteiger partial charge < -0.3 is 14.8 Å². The van der Waals surface area contributed by atoms with Crippen molar-refractivity contribution in [3.63, 3.8) is 0 Å². The van der Waals surface area contributed by atoms with Gasteiger partial charge >= 0.3 is 0 Å². The number of benzene rings is 2. The molecule has 1 N–H and O–H groups in total. The van der Waals surface area contributed by atoms with Gasteiger partial charge in [-0.05, 0) is 49.2 Å². The number of rotatable bonds is 8. The minimum atomic E-state index is -0.217. The summed E-state index contributed by atoms with van der Waals surface area (Å²) in [7, 11) is 0. The highest BCUT2D eigenvalue weighted by Crippen LogP contribution is 2.25. The van der Waals surface area contributed by atoms with Crippen molar-refractivity contribution < 1.29 is 14.3 Å². The van der Waals surface area contributed by atoms with E-state index in [4.69, 9.17) is 9.47 Å². The van der Waals surface area contributed by atoms with Gasteiger partial charge in [0.25, 0.3) is 5.56 Å². The van der Waals surface area contributed by atoms with Crippen LogP contribution in [0.5, 0.6) is 11.5 Å². The second kappa shape index (κ2) is 10.7. The number of carbonyl (C=O) groups is 1. The van der Waals surface area contributed by atoms with Crippen LogP contribution in [-0.4, -0.2) is 38.9 Å². The van der Waals surface area contributed by atoms with Gasteiger partial charge in [-0.1, -0.05) is 36.0 Å². The Morgan fingerprint density at radius 3 is 2.80 bits per heavy atom. The highest BCUT2D eigenvalue weighted by atomic mass is 32.2. The molecule has 4 aromatic rings. The molecule has 9 heteroatoms. The molecular weight excluding hydrogens is 464 g/mol. The number of carbonyl (C=O) groups excluding carboxylic acids is 1. The molecule has 1 aliphatic rings. The van der Waals surface area contributed by atoms with Gasteiger partial charge in [-0.3, -0.25) is 14.2 Å². The maximum Gasteiger partial charge on any atom is 0.263 e. The van der Waals surface area contributed by atoms with Crippen LogP contribution >= 0.6 is 11.8 Å². The van der Waals surface area contributed by atoms with E-state index in [1.165, 1.54) is 11.8 Å². The minimum absolute atomic E-state index is 0.0378. The molecule has 0 saturated carbocycles. The first-order valence-corrected chi connectivity index (χ1v) is 12.4. The van der Waals surface area contributed by atoms with Crippen LogP contribution < -0.4 is 15.6 Å². The first kappa shape index (κ1) is 23.1. The summed E-state index contributed by atoms with van der Waals surface area (Å²) in [6.45, 7) is 1.10. The third-order valence-electron chi connectivity index (χ3n) is 5.53. The molecule has 35 heavy (non-hydrogen) atoms. The molecule has 1 aliphatic heterocycles. The lowest BCUT2D eigenvalue weighted by atomic mass is 10.2. The lowest BCUT2D eigenvalue weighted by molar-refractivity contribution is -0.113. The zero-order chi connectivity index (χ0) is 24.0. The van der Waals surface area contributed by atoms with Gasteiger partial charge in [-0.2, -0.15) is 0 Å². The molecule has 1 fully saturated rings. The Morgan fingerprint density at radius 1 is 1.11 bits per heavy atom. The van der Waals surface area contributed by atoms with Crippen molar-refractivity contribution in [1.29, 1.82) is 0 Å². The van der Waals surface area contributed by atoms with Gasteiger partial charge in [0.05, 0.1) is 23.8 Å². The van der Waals surface area contributed by atoms with E-state index in [1.807, 2.05) is 42.5 Å². The Kier molecular flexibility index (Phi) is 7.06. The van der Waals surface area contributed by atoms with Crippen LogP contribution in [0.25, 0.3) is 11.0 Å². The number of para-hydroxylation sites is 1. The zero-order valence-electron chi connectivity index (χ0n) is 18.9. The molecule has 8 nitrogen and oxygen atoms in total. The SMILES string of the molecule is O=C(CSc1nc2ncccc2c(=O)n1CC1CCCO1)Nc1cccc(Oc2ccccc2)c1. The van der Waals surface area contributed by atoms with Crippen LogP contribution in [0.4, 0.5) is 5.69 Å². The van der Waals surface area contributed by atoms with Crippen molar-refractivity contribution in [1.82, 2.24) is 14.5 Å². The fourth-order valence-electron chi connectivity index (χ4n) is 3.89. The standard InChI is InChI=1S/C26H24N4O4S/c31-23(28-18-7-4-10-20(15-18)34-19-8-2-1-3-9-19)17-35-26-29-24-22(12-5-13-27-24)25(32)30(26)16-21-11-6-14-33-21/h1-5,7-10,12-13,15,21H,6,11,14,16-17H2,(H,28,31). The van der Waals surface area contributed by atoms with Crippen molar-refractivity contribution in [3.8, 4) is 11.5 Å². The quantitative estimate of drug-likeness (QED) is 0.288. The van der Waals surface area contributed by atoms with E-state index in [0.717, 1.165) is 12.8 Å². The normalized spacial score (nSPS) is 15.3. The van der Waals surface area contributed by atoms with Crippen molar-refractivity contribution in [2.75, 3.05) is 17.7 Å². The van der Waals surface area contributed by atoms with Gasteiger partial charge in [-0.15, -0.1) is 0 Å². The summed E-state index contributed by atoms with van der Waals surface area (Å²) < 4.78 is 13.2. The lowest BCUT2D eigenvalue weighted by Gasteiger charge is -2.16. The van der Waals surface area contributed by atoms with E-state index in [-0.39, 0.29) is 23.3 Å². The van der Waals surface area contributed by atoms with Crippen LogP contribution in [0.2, 0.25) is 0 Å². The van der Waals surface area contributed by atoms with E-state index < -0.39 is 0 Å². The molecular formula is C26H24N4O4S. The molecule has 0 radical (unpaired) electrons. The monoisotopic (exact) mass is 488 g/mol. The number of nitrogens with one attached hydrogen (secondary N) is 1. The predicted octanol–water partition coefficient (Wildman–Crippen LogP) is 4.49. The number of nitrogens with zero attached hydrogens (tertiary/aromatic N) is 3. The van der Waals surface area contributed by atoms with E-state index in [1.54, 1.807) is 35.0 Å². The van der Waals surface area contributed by atoms with Crippen molar-refractivity contribution in [3.05, 3.63) is 83.3 Å². The number of thioether (sulfide) groups is 1. The Labute approximate surface area is 206 Å². The average molecular weight is 489 g/mol. The van der Waals surface area contributed by atoms with Crippen LogP contribution in [0.15, 0.2) is 82.9 Å². The third kappa shape index (κ3) is 5.70. The van der Waals surface area contributed by atoms with Crippen LogP contribution in [0.3, 0.4) is 0 Å². The Balaban J connectivity index is 1.29. The van der Waals surface area contributed by atoms with Gasteiger partial charge in [0.1, 0.15) is 11.5 Å². The van der Waals surface area contributed by atoms with E-state index in [9.17, 15) is 9.59 Å². The minimum Gasteiger partial charge on any atom is -0.457 e. The lowest BCUT2D eigenvalue weighted by Crippen LogP contribution is -2.29. The molecule has 1 amide bonds. The Morgan fingerprint density at radius 2 is 1.97 bits per heavy atom. The molecule has 1 unspecified atom stereocenters. The molecule has 0 aliphatic carbocycles. The third-order valence-corrected chi connectivity index (χ3v) is 6.51. The number of pyridine rings is 1. The summed E-state index contributed by atoms with van der Waals surface area (Å²) in [5, 5.41) is 3.79. The van der Waals surface area contributed by atoms with Crippen molar-refractivity contribution in [2.45, 2.75) is 30.6 Å². The summed E-state index contributed by atoms with van der Waals surface area (Å²) >= 11 is 1.21. The van der Waals surface area contributed by atoms with E-state index in [2.05, 4.69) is 15.3 Å². The fourth-order valence-corrected chi connectivity index (χ4v) is 4.69. The second-order valence-electron chi connectivity index (χ2n) is 8.10. The molecule has 2 aromatic carbocycles. The highest BCUT2D eigenvalue weighted by Gasteiger charge is 2.21. The number of aromatic nitrogens is 3. The summed E-state index contributed by atoms with van der Waals surface area (Å²) in [4.78, 5) is 34.7. The number of ether oxygens (including phenoxy) is 2. The van der Waals surface area contributed by atoms with Crippen molar-refractivity contribution in [2.24, 2.45) is 0 Å². The number of amides is 1. The van der Waals surface area contributed by atoms with E-state index in [0.29, 0.717) is 46.5 Å². The molecule has 0 bridgehead atoms. The molecule has 0 spiro atoms. The number of hydrogen-bond donors (Lipinski definition) is 1. The fraction of sp³-hybridized carbons (Fsp3) is 0.231. The van der Waals surface area contributed by atoms with Gasteiger partial charge in [0.15, 0.2) is 10.8 Å². The predicted molar refractivity (Wildman–Crippen MR) is 135 cm³/mol. The van der Waals surface area contributed by atoms with Gasteiger partial charge in [0.2, 0.25) is 5.91 Å². The van der Waals surface area contributed by atoms with Crippen molar-refractivity contribution >= 4 is 34.4 Å². The maximum atomic E-state index is 13.2. The molecule has 5 rings (SSSR count). The summed E-state index contributed by atoms with van der Waals surface area (Å²) in [5.41, 5.74) is 0.816. The summed E-state index contributed by atoms with van der Waals surface area (Å²) in [5.74, 6) is 1.20. The number of anilines is 1. The Bertz CT molecular complexity index is 1390. The number of hydrogen-bond acceptors (Lipinski definition) is 7. The zero-order valence-corrected chi connectivity index (χ0v) is 19.7. The molecule has 178 valence electrons. The molecule has 3 heterocycles. The summed E-state index contributed by atoms with van der Waals surface area (Å²) in [6, 6.07) is 20.1. The first-order chi connectivity index (χ1) is 17.2. The molecule has 2 aromatic heterocycles. The van der Waals surface area contributed by atoms with Gasteiger partial charge in [0, 0.05) is 24.6 Å². The molecule has 1 atom stereocenters. The summed E-state index contributed by atoms with van der Waals surface area (Å²) in [6.07, 6.45) is 3.43. The number of fused-ring (bicyclic) bond motifs is 1. The highest BCUT2D eigenvalue weighted by molar-refractivity contribution is 7.99.